The largest absolute Gasteiger partial charge is 0.309 e. The van der Waals surface area contributed by atoms with E-state index in [9.17, 15) is 0 Å². The molecule has 356 valence electrons. The molecule has 0 spiro atoms. The molecule has 0 aliphatic carbocycles. The number of hydrogen-bond acceptors (Lipinski definition) is 5. The Morgan fingerprint density at radius 2 is 0.500 bits per heavy atom. The van der Waals surface area contributed by atoms with Crippen LogP contribution in [0.2, 0.25) is 0 Å². The van der Waals surface area contributed by atoms with Crippen LogP contribution in [0.1, 0.15) is 0 Å². The number of nitrogens with zero attached hydrogens (tertiary/aromatic N) is 5. The normalized spacial score (nSPS) is 12.8. The number of anilines is 6. The van der Waals surface area contributed by atoms with Crippen LogP contribution in [-0.4, -0.2) is 32.5 Å². The van der Waals surface area contributed by atoms with Gasteiger partial charge < -0.3 is 9.80 Å². The molecule has 7 heteroatoms. The Hall–Kier alpha value is -9.54. The predicted octanol–water partition coefficient (Wildman–Crippen LogP) is 12.8. The third kappa shape index (κ3) is 7.80. The molecule has 2 radical (unpaired) electrons. The first-order valence-electron chi connectivity index (χ1n) is 25.8. The van der Waals surface area contributed by atoms with Crippen LogP contribution in [0.3, 0.4) is 0 Å². The highest BCUT2D eigenvalue weighted by Gasteiger charge is 2.38. The van der Waals surface area contributed by atoms with E-state index in [1.807, 2.05) is 6.07 Å². The average molecular weight is 1000 g/mol. The van der Waals surface area contributed by atoms with Gasteiger partial charge in [0.05, 0.1) is 11.4 Å². The lowest BCUT2D eigenvalue weighted by Gasteiger charge is -2.39. The van der Waals surface area contributed by atoms with Crippen molar-refractivity contribution in [2.75, 3.05) is 9.80 Å². The standard InChI is InChI=1S/C69H47N5Si2/c1-6-26-48(27-7-1)53-36-24-38-55(65(53)73-57-40-16-20-44-61(57)75(51-32-12-4-13-33-51)62-45-21-17-41-58(62)73)68-70-67(50-30-10-3-11-31-50)71-69(72-68)56-39-25-37-54(49-28-8-2-9-29-49)66(56)74-59-42-18-22-46-63(59)76(52-34-14-5-15-35-52)64-47-23-19-43-60(64)74/h1-47H. The summed E-state index contributed by atoms with van der Waals surface area (Å²) in [7, 11) is -2.81. The van der Waals surface area contributed by atoms with E-state index >= 15 is 0 Å². The van der Waals surface area contributed by atoms with Gasteiger partial charge in [0, 0.05) is 50.6 Å². The van der Waals surface area contributed by atoms with Crippen molar-refractivity contribution in [1.29, 1.82) is 0 Å². The molecule has 2 aliphatic heterocycles. The molecule has 0 fully saturated rings. The Kier molecular flexibility index (Phi) is 11.5. The zero-order valence-corrected chi connectivity index (χ0v) is 43.4. The highest BCUT2D eigenvalue weighted by molar-refractivity contribution is 6.98. The summed E-state index contributed by atoms with van der Waals surface area (Å²) in [6.45, 7) is 0. The fraction of sp³-hybridized carbons (Fsp3) is 0. The third-order valence-electron chi connectivity index (χ3n) is 14.6. The number of hydrogen-bond donors (Lipinski definition) is 0. The molecule has 0 N–H and O–H groups in total. The lowest BCUT2D eigenvalue weighted by atomic mass is 9.96. The van der Waals surface area contributed by atoms with Gasteiger partial charge in [0.25, 0.3) is 0 Å². The first-order chi connectivity index (χ1) is 37.8. The maximum Gasteiger partial charge on any atom is 0.166 e. The average Bonchev–Trinajstić information content (AvgIpc) is 3.50. The molecular weight excluding hydrogens is 955 g/mol. The van der Waals surface area contributed by atoms with Crippen LogP contribution < -0.4 is 40.9 Å². The summed E-state index contributed by atoms with van der Waals surface area (Å²) in [6.07, 6.45) is 0. The van der Waals surface area contributed by atoms with Crippen LogP contribution in [0.15, 0.2) is 285 Å². The first-order valence-corrected chi connectivity index (χ1v) is 28.8. The molecule has 0 saturated heterocycles. The van der Waals surface area contributed by atoms with Crippen molar-refractivity contribution in [3.05, 3.63) is 285 Å². The van der Waals surface area contributed by atoms with E-state index < -0.39 is 17.6 Å². The number of para-hydroxylation sites is 6. The number of rotatable bonds is 9. The van der Waals surface area contributed by atoms with Gasteiger partial charge in [-0.25, -0.2) is 15.0 Å². The van der Waals surface area contributed by atoms with Gasteiger partial charge in [-0.05, 0) is 68.3 Å². The summed E-state index contributed by atoms with van der Waals surface area (Å²) < 4.78 is 0. The Morgan fingerprint density at radius 3 is 0.855 bits per heavy atom. The molecule has 11 aromatic carbocycles. The summed E-state index contributed by atoms with van der Waals surface area (Å²) in [5.41, 5.74) is 13.7. The van der Waals surface area contributed by atoms with Crippen LogP contribution in [0.5, 0.6) is 0 Å². The lowest BCUT2D eigenvalue weighted by molar-refractivity contribution is 1.07. The summed E-state index contributed by atoms with van der Waals surface area (Å²) in [5.74, 6) is 1.75. The van der Waals surface area contributed by atoms with Crippen LogP contribution in [-0.2, 0) is 0 Å². The minimum Gasteiger partial charge on any atom is -0.309 e. The second-order valence-electron chi connectivity index (χ2n) is 19.0. The van der Waals surface area contributed by atoms with Gasteiger partial charge in [-0.3, -0.25) is 0 Å². The van der Waals surface area contributed by atoms with Crippen molar-refractivity contribution in [2.24, 2.45) is 0 Å². The van der Waals surface area contributed by atoms with E-state index in [0.29, 0.717) is 17.5 Å². The van der Waals surface area contributed by atoms with Gasteiger partial charge in [-0.1, -0.05) is 259 Å². The van der Waals surface area contributed by atoms with Crippen molar-refractivity contribution < 1.29 is 0 Å². The molecule has 0 bridgehead atoms. The molecule has 0 unspecified atom stereocenters. The first kappa shape index (κ1) is 45.1. The summed E-state index contributed by atoms with van der Waals surface area (Å²) in [5, 5.41) is 8.01. The topological polar surface area (TPSA) is 45.2 Å². The van der Waals surface area contributed by atoms with E-state index in [0.717, 1.165) is 73.1 Å². The van der Waals surface area contributed by atoms with Crippen molar-refractivity contribution in [2.45, 2.75) is 0 Å². The molecule has 76 heavy (non-hydrogen) atoms. The van der Waals surface area contributed by atoms with Gasteiger partial charge in [0.15, 0.2) is 35.1 Å². The summed E-state index contributed by atoms with van der Waals surface area (Å²) >= 11 is 0. The molecular formula is C69H47N5Si2. The van der Waals surface area contributed by atoms with Crippen LogP contribution in [0.4, 0.5) is 34.1 Å². The summed E-state index contributed by atoms with van der Waals surface area (Å²) in [6, 6.07) is 103. The predicted molar refractivity (Wildman–Crippen MR) is 319 cm³/mol. The van der Waals surface area contributed by atoms with Gasteiger partial charge in [0.2, 0.25) is 0 Å². The van der Waals surface area contributed by atoms with Crippen molar-refractivity contribution >= 4 is 82.8 Å². The van der Waals surface area contributed by atoms with Crippen LogP contribution >= 0.6 is 0 Å². The minimum absolute atomic E-state index is 0.579. The molecule has 0 atom stereocenters. The zero-order valence-electron chi connectivity index (χ0n) is 41.4. The van der Waals surface area contributed by atoms with Gasteiger partial charge in [0.1, 0.15) is 0 Å². The lowest BCUT2D eigenvalue weighted by Crippen LogP contribution is -2.57. The maximum atomic E-state index is 5.77. The van der Waals surface area contributed by atoms with E-state index in [2.05, 4.69) is 289 Å². The zero-order chi connectivity index (χ0) is 50.4. The Balaban J connectivity index is 1.05. The molecule has 0 saturated carbocycles. The second kappa shape index (κ2) is 19.4. The fourth-order valence-electron chi connectivity index (χ4n) is 11.3. The van der Waals surface area contributed by atoms with Gasteiger partial charge in [-0.2, -0.15) is 0 Å². The molecule has 3 heterocycles. The van der Waals surface area contributed by atoms with Crippen LogP contribution in [0, 0.1) is 0 Å². The molecule has 2 aliphatic rings. The highest BCUT2D eigenvalue weighted by Crippen LogP contribution is 2.49. The number of aromatic nitrogens is 3. The van der Waals surface area contributed by atoms with Gasteiger partial charge >= 0.3 is 0 Å². The van der Waals surface area contributed by atoms with Crippen molar-refractivity contribution in [3.63, 3.8) is 0 Å². The quantitative estimate of drug-likeness (QED) is 0.135. The van der Waals surface area contributed by atoms with E-state index in [1.54, 1.807) is 0 Å². The molecule has 14 rings (SSSR count). The smallest absolute Gasteiger partial charge is 0.166 e. The summed E-state index contributed by atoms with van der Waals surface area (Å²) in [4.78, 5) is 21.8. The van der Waals surface area contributed by atoms with E-state index in [1.165, 1.54) is 31.1 Å². The maximum absolute atomic E-state index is 5.77. The molecule has 12 aromatic rings. The Bertz CT molecular complexity index is 3740. The molecule has 5 nitrogen and oxygen atoms in total. The fourth-order valence-corrected chi connectivity index (χ4v) is 17.1. The third-order valence-corrected chi connectivity index (χ3v) is 20.3. The highest BCUT2D eigenvalue weighted by atomic mass is 28.3. The van der Waals surface area contributed by atoms with E-state index in [4.69, 9.17) is 15.0 Å². The number of benzene rings is 11. The van der Waals surface area contributed by atoms with Crippen molar-refractivity contribution in [3.8, 4) is 56.4 Å². The van der Waals surface area contributed by atoms with Crippen molar-refractivity contribution in [1.82, 2.24) is 15.0 Å². The Labute approximate surface area is 446 Å². The van der Waals surface area contributed by atoms with E-state index in [-0.39, 0.29) is 0 Å². The Morgan fingerprint density at radius 1 is 0.224 bits per heavy atom. The molecule has 0 amide bonds. The second-order valence-corrected chi connectivity index (χ2v) is 23.8. The van der Waals surface area contributed by atoms with Crippen LogP contribution in [0.25, 0.3) is 56.4 Å². The monoisotopic (exact) mass is 1000 g/mol. The molecule has 1 aromatic heterocycles. The SMILES string of the molecule is c1ccc(-c2nc(-c3cccc(-c4ccccc4)c3N3c4ccccc4[Si](c4ccccc4)c4ccccc43)nc(-c3cccc(-c4ccccc4)c3N3c4ccccc4[Si](c4ccccc4)c4ccccc43)n2)cc1. The van der Waals surface area contributed by atoms with Gasteiger partial charge in [-0.15, -0.1) is 0 Å². The number of fused-ring (bicyclic) bond motifs is 4. The minimum atomic E-state index is -1.41.